The SMILES string of the molecule is FC(F)(F)c1cc(C(F)(F)F)nnn1. The fourth-order valence-electron chi connectivity index (χ4n) is 0.583. The van der Waals surface area contributed by atoms with E-state index >= 15 is 0 Å². The van der Waals surface area contributed by atoms with Crippen LogP contribution in [-0.4, -0.2) is 15.4 Å². The van der Waals surface area contributed by atoms with Gasteiger partial charge in [0, 0.05) is 6.07 Å². The molecule has 0 aliphatic heterocycles. The largest absolute Gasteiger partial charge is 0.435 e. The first-order valence-corrected chi connectivity index (χ1v) is 3.06. The van der Waals surface area contributed by atoms with Crippen molar-refractivity contribution in [2.45, 2.75) is 12.4 Å². The Morgan fingerprint density at radius 2 is 1.14 bits per heavy atom. The number of alkyl halides is 6. The Hall–Kier alpha value is -1.41. The van der Waals surface area contributed by atoms with Crippen LogP contribution in [0.25, 0.3) is 0 Å². The molecule has 0 bridgehead atoms. The molecule has 14 heavy (non-hydrogen) atoms. The molecule has 0 aromatic carbocycles. The Bertz CT molecular complexity index is 300. The van der Waals surface area contributed by atoms with Gasteiger partial charge in [-0.2, -0.15) is 26.3 Å². The van der Waals surface area contributed by atoms with E-state index in [4.69, 9.17) is 0 Å². The van der Waals surface area contributed by atoms with Crippen molar-refractivity contribution in [3.8, 4) is 0 Å². The van der Waals surface area contributed by atoms with Crippen molar-refractivity contribution in [1.82, 2.24) is 15.4 Å². The summed E-state index contributed by atoms with van der Waals surface area (Å²) in [5.41, 5.74) is -3.44. The van der Waals surface area contributed by atoms with E-state index in [-0.39, 0.29) is 6.07 Å². The zero-order chi connectivity index (χ0) is 11.0. The number of nitrogens with zero attached hydrogens (tertiary/aromatic N) is 3. The average Bonchev–Trinajstić information content (AvgIpc) is 2.01. The molecule has 0 radical (unpaired) electrons. The Morgan fingerprint density at radius 3 is 1.43 bits per heavy atom. The molecular formula is C5HF6N3. The standard InChI is InChI=1S/C5HF6N3/c6-4(7,8)2-1-3(5(9,10)11)13-14-12-2/h1H. The van der Waals surface area contributed by atoms with Crippen LogP contribution in [0, 0.1) is 0 Å². The van der Waals surface area contributed by atoms with Crippen molar-refractivity contribution < 1.29 is 26.3 Å². The molecule has 0 aliphatic rings. The quantitative estimate of drug-likeness (QED) is 0.623. The summed E-state index contributed by atoms with van der Waals surface area (Å²) in [6, 6.07) is -0.201. The average molecular weight is 217 g/mol. The first kappa shape index (κ1) is 10.7. The van der Waals surface area contributed by atoms with Gasteiger partial charge in [-0.15, -0.1) is 10.2 Å². The van der Waals surface area contributed by atoms with Gasteiger partial charge in [0.1, 0.15) is 0 Å². The lowest BCUT2D eigenvalue weighted by molar-refractivity contribution is -0.149. The van der Waals surface area contributed by atoms with E-state index < -0.39 is 23.7 Å². The molecule has 78 valence electrons. The fourth-order valence-corrected chi connectivity index (χ4v) is 0.583. The van der Waals surface area contributed by atoms with Crippen LogP contribution in [0.1, 0.15) is 11.4 Å². The van der Waals surface area contributed by atoms with E-state index in [2.05, 4.69) is 15.4 Å². The van der Waals surface area contributed by atoms with Crippen LogP contribution in [0.3, 0.4) is 0 Å². The van der Waals surface area contributed by atoms with Gasteiger partial charge < -0.3 is 0 Å². The predicted octanol–water partition coefficient (Wildman–Crippen LogP) is 1.91. The predicted molar refractivity (Wildman–Crippen MR) is 29.8 cm³/mol. The van der Waals surface area contributed by atoms with Crippen LogP contribution in [-0.2, 0) is 12.4 Å². The summed E-state index contributed by atoms with van der Waals surface area (Å²) in [5.74, 6) is 0. The van der Waals surface area contributed by atoms with Gasteiger partial charge in [-0.25, -0.2) is 0 Å². The van der Waals surface area contributed by atoms with Gasteiger partial charge in [-0.3, -0.25) is 0 Å². The van der Waals surface area contributed by atoms with Gasteiger partial charge in [0.25, 0.3) is 0 Å². The fraction of sp³-hybridized carbons (Fsp3) is 0.400. The molecular weight excluding hydrogens is 216 g/mol. The Morgan fingerprint density at radius 1 is 0.786 bits per heavy atom. The minimum absolute atomic E-state index is 0.201. The topological polar surface area (TPSA) is 38.7 Å². The van der Waals surface area contributed by atoms with E-state index in [9.17, 15) is 26.3 Å². The summed E-state index contributed by atoms with van der Waals surface area (Å²) in [7, 11) is 0. The molecule has 0 N–H and O–H groups in total. The highest BCUT2D eigenvalue weighted by Gasteiger charge is 2.39. The maximum Gasteiger partial charge on any atom is 0.435 e. The third kappa shape index (κ3) is 2.30. The molecule has 1 rings (SSSR count). The highest BCUT2D eigenvalue weighted by Crippen LogP contribution is 2.31. The maximum absolute atomic E-state index is 11.9. The van der Waals surface area contributed by atoms with Crippen LogP contribution in [0.2, 0.25) is 0 Å². The minimum atomic E-state index is -4.96. The molecule has 0 fully saturated rings. The first-order valence-electron chi connectivity index (χ1n) is 3.06. The van der Waals surface area contributed by atoms with E-state index in [1.54, 1.807) is 0 Å². The monoisotopic (exact) mass is 217 g/mol. The minimum Gasteiger partial charge on any atom is -0.164 e. The van der Waals surface area contributed by atoms with Gasteiger partial charge in [-0.1, -0.05) is 0 Å². The second-order valence-electron chi connectivity index (χ2n) is 2.20. The molecule has 0 saturated heterocycles. The number of hydrogen-bond acceptors (Lipinski definition) is 3. The molecule has 1 heterocycles. The molecule has 0 amide bonds. The van der Waals surface area contributed by atoms with E-state index in [1.807, 2.05) is 0 Å². The lowest BCUT2D eigenvalue weighted by atomic mass is 10.3. The molecule has 0 aliphatic carbocycles. The van der Waals surface area contributed by atoms with Crippen LogP contribution in [0.4, 0.5) is 26.3 Å². The number of halogens is 6. The van der Waals surface area contributed by atoms with Crippen LogP contribution in [0.5, 0.6) is 0 Å². The normalized spacial score (nSPS) is 13.0. The van der Waals surface area contributed by atoms with Crippen molar-refractivity contribution in [3.05, 3.63) is 17.5 Å². The second-order valence-corrected chi connectivity index (χ2v) is 2.20. The maximum atomic E-state index is 11.9. The number of hydrogen-bond donors (Lipinski definition) is 0. The lowest BCUT2D eigenvalue weighted by Gasteiger charge is -2.07. The molecule has 1 aromatic rings. The second kappa shape index (κ2) is 3.07. The zero-order valence-corrected chi connectivity index (χ0v) is 6.19. The Kier molecular flexibility index (Phi) is 2.34. The summed E-state index contributed by atoms with van der Waals surface area (Å²) in [6.45, 7) is 0. The Labute approximate surface area is 72.8 Å². The summed E-state index contributed by atoms with van der Waals surface area (Å²) >= 11 is 0. The molecule has 0 saturated carbocycles. The highest BCUT2D eigenvalue weighted by molar-refractivity contribution is 5.11. The zero-order valence-electron chi connectivity index (χ0n) is 6.19. The highest BCUT2D eigenvalue weighted by atomic mass is 19.4. The van der Waals surface area contributed by atoms with Gasteiger partial charge in [-0.05, 0) is 5.21 Å². The van der Waals surface area contributed by atoms with E-state index in [0.717, 1.165) is 0 Å². The molecule has 9 heteroatoms. The molecule has 3 nitrogen and oxygen atoms in total. The van der Waals surface area contributed by atoms with Crippen molar-refractivity contribution in [3.63, 3.8) is 0 Å². The van der Waals surface area contributed by atoms with Crippen LogP contribution < -0.4 is 0 Å². The van der Waals surface area contributed by atoms with Crippen molar-refractivity contribution in [2.24, 2.45) is 0 Å². The van der Waals surface area contributed by atoms with E-state index in [1.165, 1.54) is 0 Å². The van der Waals surface area contributed by atoms with Crippen molar-refractivity contribution in [2.75, 3.05) is 0 Å². The summed E-state index contributed by atoms with van der Waals surface area (Å²) in [5, 5.41) is 7.25. The molecule has 1 aromatic heterocycles. The van der Waals surface area contributed by atoms with E-state index in [0.29, 0.717) is 0 Å². The van der Waals surface area contributed by atoms with Crippen LogP contribution >= 0.6 is 0 Å². The number of aromatic nitrogens is 3. The molecule has 0 unspecified atom stereocenters. The van der Waals surface area contributed by atoms with Gasteiger partial charge in [0.2, 0.25) is 0 Å². The summed E-state index contributed by atoms with van der Waals surface area (Å²) in [4.78, 5) is 0. The van der Waals surface area contributed by atoms with Crippen LogP contribution in [0.15, 0.2) is 6.07 Å². The van der Waals surface area contributed by atoms with Gasteiger partial charge in [0.05, 0.1) is 0 Å². The first-order chi connectivity index (χ1) is 6.21. The summed E-state index contributed by atoms with van der Waals surface area (Å²) < 4.78 is 71.2. The molecule has 0 spiro atoms. The third-order valence-electron chi connectivity index (χ3n) is 1.16. The summed E-state index contributed by atoms with van der Waals surface area (Å²) in [6.07, 6.45) is -9.92. The van der Waals surface area contributed by atoms with Crippen molar-refractivity contribution in [1.29, 1.82) is 0 Å². The van der Waals surface area contributed by atoms with Gasteiger partial charge in [0.15, 0.2) is 11.4 Å². The third-order valence-corrected chi connectivity index (χ3v) is 1.16. The van der Waals surface area contributed by atoms with Crippen molar-refractivity contribution >= 4 is 0 Å². The number of rotatable bonds is 0. The smallest absolute Gasteiger partial charge is 0.164 e. The Balaban J connectivity index is 3.15. The lowest BCUT2D eigenvalue weighted by Crippen LogP contribution is -2.16. The molecule has 0 atom stereocenters. The van der Waals surface area contributed by atoms with Gasteiger partial charge >= 0.3 is 12.4 Å².